The van der Waals surface area contributed by atoms with Crippen molar-refractivity contribution in [3.8, 4) is 11.5 Å². The molecule has 1 fully saturated rings. The van der Waals surface area contributed by atoms with E-state index in [1.165, 1.54) is 0 Å². The van der Waals surface area contributed by atoms with Gasteiger partial charge in [0.05, 0.1) is 26.3 Å². The van der Waals surface area contributed by atoms with E-state index in [1.807, 2.05) is 32.0 Å². The van der Waals surface area contributed by atoms with Crippen LogP contribution in [0.25, 0.3) is 0 Å². The number of carbonyl (C=O) groups is 1. The Kier molecular flexibility index (Phi) is 6.67. The van der Waals surface area contributed by atoms with Gasteiger partial charge >= 0.3 is 0 Å². The van der Waals surface area contributed by atoms with E-state index < -0.39 is 0 Å². The van der Waals surface area contributed by atoms with Crippen LogP contribution in [-0.4, -0.2) is 68.7 Å². The van der Waals surface area contributed by atoms with Gasteiger partial charge < -0.3 is 19.7 Å². The van der Waals surface area contributed by atoms with Gasteiger partial charge in [0.25, 0.3) is 0 Å². The van der Waals surface area contributed by atoms with E-state index in [1.54, 1.807) is 14.2 Å². The fraction of sp³-hybridized carbons (Fsp3) is 0.632. The summed E-state index contributed by atoms with van der Waals surface area (Å²) in [5, 5.41) is 3.12. The van der Waals surface area contributed by atoms with Gasteiger partial charge in [-0.15, -0.1) is 0 Å². The molecule has 3 atom stereocenters. The fourth-order valence-electron chi connectivity index (χ4n) is 3.47. The number of likely N-dealkylation sites (N-methyl/N-ethyl adjacent to an activating group) is 1. The van der Waals surface area contributed by atoms with Gasteiger partial charge in [0.2, 0.25) is 5.91 Å². The fourth-order valence-corrected chi connectivity index (χ4v) is 3.47. The number of hydrogen-bond acceptors (Lipinski definition) is 5. The predicted octanol–water partition coefficient (Wildman–Crippen LogP) is 1.91. The number of hydrogen-bond donors (Lipinski definition) is 1. The van der Waals surface area contributed by atoms with E-state index in [4.69, 9.17) is 9.47 Å². The SMILES string of the molecule is COc1ccc(OC)c([C@H](C)NC(=O)[C@H](C)N2CCN(C)C[C@H]2C)c1. The van der Waals surface area contributed by atoms with Gasteiger partial charge in [-0.05, 0) is 46.0 Å². The molecule has 6 heteroatoms. The molecular formula is C19H31N3O3. The Hall–Kier alpha value is -1.79. The van der Waals surface area contributed by atoms with Crippen LogP contribution in [0.5, 0.6) is 11.5 Å². The average Bonchev–Trinajstić information content (AvgIpc) is 2.60. The molecule has 0 radical (unpaired) electrons. The van der Waals surface area contributed by atoms with Gasteiger partial charge in [-0.25, -0.2) is 0 Å². The highest BCUT2D eigenvalue weighted by Crippen LogP contribution is 2.29. The number of benzene rings is 1. The van der Waals surface area contributed by atoms with Crippen LogP contribution in [0.1, 0.15) is 32.4 Å². The first kappa shape index (κ1) is 19.5. The number of nitrogens with zero attached hydrogens (tertiary/aromatic N) is 2. The van der Waals surface area contributed by atoms with Crippen LogP contribution < -0.4 is 14.8 Å². The molecule has 1 aromatic rings. The minimum Gasteiger partial charge on any atom is -0.497 e. The molecule has 0 unspecified atom stereocenters. The number of ether oxygens (including phenoxy) is 2. The zero-order valence-electron chi connectivity index (χ0n) is 16.2. The molecule has 0 spiro atoms. The average molecular weight is 349 g/mol. The Morgan fingerprint density at radius 1 is 1.24 bits per heavy atom. The molecule has 2 rings (SSSR count). The first-order valence-corrected chi connectivity index (χ1v) is 8.84. The van der Waals surface area contributed by atoms with Crippen molar-refractivity contribution in [2.45, 2.75) is 38.9 Å². The normalized spacial score (nSPS) is 21.4. The topological polar surface area (TPSA) is 54.0 Å². The van der Waals surface area contributed by atoms with Gasteiger partial charge in [0.1, 0.15) is 11.5 Å². The predicted molar refractivity (Wildman–Crippen MR) is 99.2 cm³/mol. The molecule has 1 amide bonds. The van der Waals surface area contributed by atoms with Gasteiger partial charge in [0, 0.05) is 31.2 Å². The molecule has 1 heterocycles. The summed E-state index contributed by atoms with van der Waals surface area (Å²) in [6, 6.07) is 5.66. The molecule has 1 aliphatic heterocycles. The van der Waals surface area contributed by atoms with Gasteiger partial charge in [-0.3, -0.25) is 9.69 Å². The van der Waals surface area contributed by atoms with Crippen LogP contribution in [0.3, 0.4) is 0 Å². The molecule has 25 heavy (non-hydrogen) atoms. The highest BCUT2D eigenvalue weighted by Gasteiger charge is 2.30. The monoisotopic (exact) mass is 349 g/mol. The number of rotatable bonds is 6. The van der Waals surface area contributed by atoms with Crippen molar-refractivity contribution in [2.24, 2.45) is 0 Å². The zero-order valence-corrected chi connectivity index (χ0v) is 16.2. The van der Waals surface area contributed by atoms with Crippen LogP contribution >= 0.6 is 0 Å². The lowest BCUT2D eigenvalue weighted by molar-refractivity contribution is -0.128. The Bertz CT molecular complexity index is 593. The van der Waals surface area contributed by atoms with Crippen molar-refractivity contribution in [3.63, 3.8) is 0 Å². The number of methoxy groups -OCH3 is 2. The molecular weight excluding hydrogens is 318 g/mol. The molecule has 0 bridgehead atoms. The molecule has 1 aliphatic rings. The second kappa shape index (κ2) is 8.54. The van der Waals surface area contributed by atoms with Crippen molar-refractivity contribution < 1.29 is 14.3 Å². The summed E-state index contributed by atoms with van der Waals surface area (Å²) in [4.78, 5) is 17.3. The minimum absolute atomic E-state index is 0.0359. The standard InChI is InChI=1S/C19H31N3O3/c1-13-12-21(4)9-10-22(13)15(3)19(23)20-14(2)17-11-16(24-5)7-8-18(17)25-6/h7-8,11,13-15H,9-10,12H2,1-6H3,(H,20,23)/t13-,14+,15+/m1/s1. The van der Waals surface area contributed by atoms with Crippen LogP contribution in [-0.2, 0) is 4.79 Å². The number of piperazine rings is 1. The van der Waals surface area contributed by atoms with Crippen molar-refractivity contribution in [3.05, 3.63) is 23.8 Å². The Morgan fingerprint density at radius 2 is 1.96 bits per heavy atom. The first-order valence-electron chi connectivity index (χ1n) is 8.84. The molecule has 1 N–H and O–H groups in total. The van der Waals surface area contributed by atoms with E-state index in [0.29, 0.717) is 6.04 Å². The van der Waals surface area contributed by atoms with Crippen LogP contribution in [0, 0.1) is 0 Å². The molecule has 0 aromatic heterocycles. The maximum absolute atomic E-state index is 12.8. The molecule has 0 aliphatic carbocycles. The van der Waals surface area contributed by atoms with E-state index in [9.17, 15) is 4.79 Å². The number of amides is 1. The third-order valence-corrected chi connectivity index (χ3v) is 5.02. The summed E-state index contributed by atoms with van der Waals surface area (Å²) < 4.78 is 10.7. The molecule has 1 saturated heterocycles. The lowest BCUT2D eigenvalue weighted by Crippen LogP contribution is -2.57. The molecule has 0 saturated carbocycles. The maximum atomic E-state index is 12.8. The maximum Gasteiger partial charge on any atom is 0.237 e. The van der Waals surface area contributed by atoms with Gasteiger partial charge in [0.15, 0.2) is 0 Å². The third-order valence-electron chi connectivity index (χ3n) is 5.02. The lowest BCUT2D eigenvalue weighted by Gasteiger charge is -2.41. The van der Waals surface area contributed by atoms with E-state index in [-0.39, 0.29) is 18.0 Å². The second-order valence-electron chi connectivity index (χ2n) is 6.86. The lowest BCUT2D eigenvalue weighted by atomic mass is 10.1. The van der Waals surface area contributed by atoms with E-state index >= 15 is 0 Å². The Morgan fingerprint density at radius 3 is 2.56 bits per heavy atom. The van der Waals surface area contributed by atoms with Crippen LogP contribution in [0.2, 0.25) is 0 Å². The molecule has 1 aromatic carbocycles. The summed E-state index contributed by atoms with van der Waals surface area (Å²) in [7, 11) is 5.38. The molecule has 6 nitrogen and oxygen atoms in total. The van der Waals surface area contributed by atoms with Crippen molar-refractivity contribution in [1.82, 2.24) is 15.1 Å². The van der Waals surface area contributed by atoms with E-state index in [0.717, 1.165) is 36.7 Å². The van der Waals surface area contributed by atoms with Gasteiger partial charge in [-0.2, -0.15) is 0 Å². The van der Waals surface area contributed by atoms with Crippen molar-refractivity contribution in [2.75, 3.05) is 40.9 Å². The quantitative estimate of drug-likeness (QED) is 0.850. The third kappa shape index (κ3) is 4.64. The molecule has 140 valence electrons. The van der Waals surface area contributed by atoms with Crippen molar-refractivity contribution in [1.29, 1.82) is 0 Å². The summed E-state index contributed by atoms with van der Waals surface area (Å²) in [6.07, 6.45) is 0. The summed E-state index contributed by atoms with van der Waals surface area (Å²) in [6.45, 7) is 9.00. The highest BCUT2D eigenvalue weighted by molar-refractivity contribution is 5.82. The minimum atomic E-state index is -0.164. The van der Waals surface area contributed by atoms with Crippen LogP contribution in [0.4, 0.5) is 0 Å². The van der Waals surface area contributed by atoms with E-state index in [2.05, 4.69) is 29.1 Å². The largest absolute Gasteiger partial charge is 0.497 e. The Labute approximate surface area is 151 Å². The number of carbonyl (C=O) groups excluding carboxylic acids is 1. The summed E-state index contributed by atoms with van der Waals surface area (Å²) >= 11 is 0. The summed E-state index contributed by atoms with van der Waals surface area (Å²) in [5.41, 5.74) is 0.911. The Balaban J connectivity index is 2.07. The smallest absolute Gasteiger partial charge is 0.237 e. The van der Waals surface area contributed by atoms with Crippen LogP contribution in [0.15, 0.2) is 18.2 Å². The van der Waals surface area contributed by atoms with Crippen molar-refractivity contribution >= 4 is 5.91 Å². The number of nitrogens with one attached hydrogen (secondary N) is 1. The first-order chi connectivity index (χ1) is 11.9. The second-order valence-corrected chi connectivity index (χ2v) is 6.86. The van der Waals surface area contributed by atoms with Gasteiger partial charge in [-0.1, -0.05) is 0 Å². The highest BCUT2D eigenvalue weighted by atomic mass is 16.5. The zero-order chi connectivity index (χ0) is 18.6. The summed E-state index contributed by atoms with van der Waals surface area (Å²) in [5.74, 6) is 1.53.